The molecule has 0 spiro atoms. The third-order valence-corrected chi connectivity index (χ3v) is 8.08. The molecule has 0 bridgehead atoms. The average molecular weight is 610 g/mol. The molecule has 6 nitrogen and oxygen atoms in total. The quantitative estimate of drug-likeness (QED) is 0.260. The van der Waals surface area contributed by atoms with Crippen molar-refractivity contribution in [1.82, 2.24) is 20.2 Å². The van der Waals surface area contributed by atoms with E-state index in [4.69, 9.17) is 27.9 Å². The van der Waals surface area contributed by atoms with Gasteiger partial charge in [0.25, 0.3) is 5.91 Å². The molecule has 2 unspecified atom stereocenters. The van der Waals surface area contributed by atoms with Gasteiger partial charge in [0.15, 0.2) is 0 Å². The first-order chi connectivity index (χ1) is 19.6. The van der Waals surface area contributed by atoms with Crippen LogP contribution in [0.4, 0.5) is 13.2 Å². The Kier molecular flexibility index (Phi) is 10.5. The Morgan fingerprint density at radius 3 is 2.37 bits per heavy atom. The number of aromatic nitrogens is 2. The Hall–Kier alpha value is -2.88. The van der Waals surface area contributed by atoms with Crippen LogP contribution < -0.4 is 10.1 Å². The van der Waals surface area contributed by atoms with Gasteiger partial charge in [0.2, 0.25) is 5.88 Å². The molecule has 1 saturated heterocycles. The van der Waals surface area contributed by atoms with Gasteiger partial charge in [-0.3, -0.25) is 9.78 Å². The van der Waals surface area contributed by atoms with Crippen molar-refractivity contribution in [2.24, 2.45) is 5.92 Å². The number of likely N-dealkylation sites (tertiary alicyclic amines) is 1. The van der Waals surface area contributed by atoms with Gasteiger partial charge in [0, 0.05) is 42.7 Å². The van der Waals surface area contributed by atoms with Crippen molar-refractivity contribution in [2.45, 2.75) is 57.9 Å². The van der Waals surface area contributed by atoms with Crippen LogP contribution in [0.15, 0.2) is 54.9 Å². The van der Waals surface area contributed by atoms with Gasteiger partial charge >= 0.3 is 6.18 Å². The topological polar surface area (TPSA) is 67.3 Å². The zero-order valence-corrected chi connectivity index (χ0v) is 24.4. The molecule has 1 aromatic carbocycles. The second-order valence-electron chi connectivity index (χ2n) is 10.2. The second kappa shape index (κ2) is 13.9. The number of rotatable bonds is 10. The predicted octanol–water partition coefficient (Wildman–Crippen LogP) is 7.41. The Labute approximate surface area is 248 Å². The zero-order valence-electron chi connectivity index (χ0n) is 22.9. The van der Waals surface area contributed by atoms with Crippen LogP contribution in [0.3, 0.4) is 0 Å². The highest BCUT2D eigenvalue weighted by molar-refractivity contribution is 6.39. The number of halogens is 5. The Balaban J connectivity index is 1.38. The maximum absolute atomic E-state index is 13.2. The maximum atomic E-state index is 13.2. The van der Waals surface area contributed by atoms with E-state index in [9.17, 15) is 18.0 Å². The summed E-state index contributed by atoms with van der Waals surface area (Å²) in [7, 11) is 0. The van der Waals surface area contributed by atoms with E-state index in [1.54, 1.807) is 6.07 Å². The van der Waals surface area contributed by atoms with E-state index in [1.807, 2.05) is 19.1 Å². The largest absolute Gasteiger partial charge is 0.469 e. The van der Waals surface area contributed by atoms with Crippen molar-refractivity contribution in [2.75, 3.05) is 19.6 Å². The average Bonchev–Trinajstić information content (AvgIpc) is 2.95. The van der Waals surface area contributed by atoms with Crippen LogP contribution >= 0.6 is 23.2 Å². The van der Waals surface area contributed by atoms with Crippen LogP contribution in [0.25, 0.3) is 0 Å². The van der Waals surface area contributed by atoms with Crippen molar-refractivity contribution in [3.05, 3.63) is 87.3 Å². The Bertz CT molecular complexity index is 1300. The lowest BCUT2D eigenvalue weighted by atomic mass is 9.86. The zero-order chi connectivity index (χ0) is 29.6. The molecule has 4 rings (SSSR count). The molecule has 1 aliphatic rings. The van der Waals surface area contributed by atoms with E-state index in [2.05, 4.69) is 27.1 Å². The van der Waals surface area contributed by atoms with E-state index >= 15 is 0 Å². The molecule has 1 N–H and O–H groups in total. The molecule has 41 heavy (non-hydrogen) atoms. The summed E-state index contributed by atoms with van der Waals surface area (Å²) in [5.41, 5.74) is 1.11. The predicted molar refractivity (Wildman–Crippen MR) is 153 cm³/mol. The number of hydrogen-bond donors (Lipinski definition) is 1. The number of aryl methyl sites for hydroxylation is 1. The molecular formula is C30H33Cl2F3N4O2. The number of carbonyl (C=O) groups is 1. The summed E-state index contributed by atoms with van der Waals surface area (Å²) in [6.45, 7) is 6.16. The van der Waals surface area contributed by atoms with Gasteiger partial charge in [-0.1, -0.05) is 48.3 Å². The minimum Gasteiger partial charge on any atom is -0.469 e. The van der Waals surface area contributed by atoms with Crippen LogP contribution in [0.1, 0.15) is 66.4 Å². The SMILES string of the molecule is CCc1cccc(OC(c2ccc(C(F)(F)F)cc2)C2CCN(C(C)CCNC(=O)c3c(Cl)cncc3Cl)CC2)n1. The molecule has 1 aliphatic heterocycles. The summed E-state index contributed by atoms with van der Waals surface area (Å²) < 4.78 is 46.0. The van der Waals surface area contributed by atoms with Crippen LogP contribution in [0.2, 0.25) is 10.0 Å². The molecule has 11 heteroatoms. The smallest absolute Gasteiger partial charge is 0.416 e. The van der Waals surface area contributed by atoms with Gasteiger partial charge in [-0.2, -0.15) is 13.2 Å². The first-order valence-electron chi connectivity index (χ1n) is 13.7. The molecule has 1 amide bonds. The molecule has 2 atom stereocenters. The molecular weight excluding hydrogens is 576 g/mol. The van der Waals surface area contributed by atoms with Gasteiger partial charge in [0.05, 0.1) is 21.2 Å². The first kappa shape index (κ1) is 31.1. The second-order valence-corrected chi connectivity index (χ2v) is 11.0. The number of benzene rings is 1. The van der Waals surface area contributed by atoms with E-state index < -0.39 is 17.8 Å². The number of carbonyl (C=O) groups excluding carboxylic acids is 1. The number of nitrogens with zero attached hydrogens (tertiary/aromatic N) is 3. The normalized spacial score (nSPS) is 16.3. The highest BCUT2D eigenvalue weighted by Gasteiger charge is 2.33. The van der Waals surface area contributed by atoms with Crippen LogP contribution in [-0.2, 0) is 12.6 Å². The number of ether oxygens (including phenoxy) is 1. The van der Waals surface area contributed by atoms with E-state index in [0.717, 1.165) is 56.6 Å². The molecule has 0 radical (unpaired) electrons. The molecule has 3 aromatic rings. The summed E-state index contributed by atoms with van der Waals surface area (Å²) in [6, 6.07) is 11.0. The van der Waals surface area contributed by atoms with Crippen molar-refractivity contribution >= 4 is 29.1 Å². The lowest BCUT2D eigenvalue weighted by Crippen LogP contribution is -2.43. The van der Waals surface area contributed by atoms with Crippen LogP contribution in [0.5, 0.6) is 5.88 Å². The Morgan fingerprint density at radius 2 is 1.76 bits per heavy atom. The lowest BCUT2D eigenvalue weighted by Gasteiger charge is -2.39. The minimum absolute atomic E-state index is 0.0953. The molecule has 0 saturated carbocycles. The summed E-state index contributed by atoms with van der Waals surface area (Å²) in [4.78, 5) is 23.4. The van der Waals surface area contributed by atoms with E-state index in [-0.39, 0.29) is 33.5 Å². The lowest BCUT2D eigenvalue weighted by molar-refractivity contribution is -0.137. The van der Waals surface area contributed by atoms with Crippen LogP contribution in [-0.4, -0.2) is 46.5 Å². The molecule has 2 aromatic heterocycles. The highest BCUT2D eigenvalue weighted by atomic mass is 35.5. The van der Waals surface area contributed by atoms with Gasteiger partial charge in [0.1, 0.15) is 6.10 Å². The van der Waals surface area contributed by atoms with Crippen molar-refractivity contribution in [3.8, 4) is 5.88 Å². The number of amides is 1. The number of alkyl halides is 3. The van der Waals surface area contributed by atoms with E-state index in [1.165, 1.54) is 24.5 Å². The number of pyridine rings is 2. The molecule has 3 heterocycles. The number of piperidine rings is 1. The third-order valence-electron chi connectivity index (χ3n) is 7.51. The van der Waals surface area contributed by atoms with Gasteiger partial charge in [-0.25, -0.2) is 4.98 Å². The first-order valence-corrected chi connectivity index (χ1v) is 14.4. The monoisotopic (exact) mass is 608 g/mol. The fourth-order valence-electron chi connectivity index (χ4n) is 5.11. The van der Waals surface area contributed by atoms with Crippen LogP contribution in [0, 0.1) is 5.92 Å². The standard InChI is InChI=1S/C30H33Cl2F3N4O2/c1-3-23-5-4-6-26(38-23)41-28(20-7-9-22(10-8-20)30(33,34)35)21-12-15-39(16-13-21)19(2)11-14-37-29(40)27-24(31)17-36-18-25(27)32/h4-10,17-19,21,28H,3,11-16H2,1-2H3,(H,37,40). The number of hydrogen-bond acceptors (Lipinski definition) is 5. The summed E-state index contributed by atoms with van der Waals surface area (Å²) in [5, 5.41) is 3.28. The molecule has 0 aliphatic carbocycles. The number of nitrogens with one attached hydrogen (secondary N) is 1. The molecule has 220 valence electrons. The van der Waals surface area contributed by atoms with Gasteiger partial charge in [-0.15, -0.1) is 0 Å². The van der Waals surface area contributed by atoms with Crippen molar-refractivity contribution < 1.29 is 22.7 Å². The van der Waals surface area contributed by atoms with Crippen molar-refractivity contribution in [3.63, 3.8) is 0 Å². The maximum Gasteiger partial charge on any atom is 0.416 e. The van der Waals surface area contributed by atoms with Crippen molar-refractivity contribution in [1.29, 1.82) is 0 Å². The minimum atomic E-state index is -4.40. The van der Waals surface area contributed by atoms with E-state index in [0.29, 0.717) is 18.0 Å². The summed E-state index contributed by atoms with van der Waals surface area (Å²) in [5.74, 6) is 0.221. The summed E-state index contributed by atoms with van der Waals surface area (Å²) in [6.07, 6.45) is 1.02. The van der Waals surface area contributed by atoms with Gasteiger partial charge < -0.3 is 15.0 Å². The molecule has 1 fully saturated rings. The third kappa shape index (κ3) is 8.11. The highest BCUT2D eigenvalue weighted by Crippen LogP contribution is 2.37. The Morgan fingerprint density at radius 1 is 1.10 bits per heavy atom. The fraction of sp³-hybridized carbons (Fsp3) is 0.433. The van der Waals surface area contributed by atoms with Gasteiger partial charge in [-0.05, 0) is 69.5 Å². The summed E-state index contributed by atoms with van der Waals surface area (Å²) >= 11 is 12.2. The fourth-order valence-corrected chi connectivity index (χ4v) is 5.64.